The molecule has 2 saturated heterocycles. The number of anilines is 1. The molecule has 3 rings (SSSR count). The second kappa shape index (κ2) is 6.38. The van der Waals surface area contributed by atoms with Gasteiger partial charge in [0.05, 0.1) is 0 Å². The molecular formula is C15H23BClN3. The Morgan fingerprint density at radius 2 is 1.70 bits per heavy atom. The molecule has 0 aromatic heterocycles. The molecule has 1 aromatic carbocycles. The molecule has 0 bridgehead atoms. The maximum atomic E-state index is 6.49. The van der Waals surface area contributed by atoms with Crippen LogP contribution >= 0.6 is 11.6 Å². The van der Waals surface area contributed by atoms with Gasteiger partial charge in [0.15, 0.2) is 7.98 Å². The van der Waals surface area contributed by atoms with Crippen LogP contribution in [0.2, 0.25) is 5.02 Å². The van der Waals surface area contributed by atoms with Crippen LogP contribution in [0, 0.1) is 0 Å². The summed E-state index contributed by atoms with van der Waals surface area (Å²) in [5.41, 5.74) is 2.68. The van der Waals surface area contributed by atoms with Crippen LogP contribution in [0.1, 0.15) is 18.4 Å². The average Bonchev–Trinajstić information content (AvgIpc) is 2.97. The van der Waals surface area contributed by atoms with E-state index in [4.69, 9.17) is 11.6 Å². The smallest absolute Gasteiger partial charge is 0.185 e. The van der Waals surface area contributed by atoms with Gasteiger partial charge >= 0.3 is 0 Å². The molecule has 0 unspecified atom stereocenters. The standard InChI is InChI=1S/C15H23BClN3/c16-20-10-8-18(9-11-20)12-13-14(17)4-3-5-15(13)19-6-1-2-7-19/h3-5H,1-2,6-12,16H2. The highest BCUT2D eigenvalue weighted by atomic mass is 35.5. The molecule has 0 amide bonds. The van der Waals surface area contributed by atoms with Crippen molar-refractivity contribution in [1.82, 2.24) is 9.71 Å². The molecule has 3 nitrogen and oxygen atoms in total. The number of piperazine rings is 1. The molecule has 0 atom stereocenters. The topological polar surface area (TPSA) is 9.72 Å². The highest BCUT2D eigenvalue weighted by Gasteiger charge is 2.20. The minimum absolute atomic E-state index is 0.924. The first-order valence-electron chi connectivity index (χ1n) is 7.67. The van der Waals surface area contributed by atoms with E-state index in [1.54, 1.807) is 0 Å². The van der Waals surface area contributed by atoms with Gasteiger partial charge < -0.3 is 9.71 Å². The number of benzene rings is 1. The van der Waals surface area contributed by atoms with E-state index >= 15 is 0 Å². The predicted molar refractivity (Wildman–Crippen MR) is 88.3 cm³/mol. The molecule has 0 aliphatic carbocycles. The van der Waals surface area contributed by atoms with Crippen molar-refractivity contribution in [3.05, 3.63) is 28.8 Å². The summed E-state index contributed by atoms with van der Waals surface area (Å²) >= 11 is 6.49. The van der Waals surface area contributed by atoms with E-state index in [2.05, 4.69) is 34.7 Å². The summed E-state index contributed by atoms with van der Waals surface area (Å²) in [6, 6.07) is 6.36. The Bertz CT molecular complexity index is 454. The maximum Gasteiger partial charge on any atom is 0.185 e. The highest BCUT2D eigenvalue weighted by molar-refractivity contribution is 6.31. The van der Waals surface area contributed by atoms with E-state index in [0.29, 0.717) is 0 Å². The minimum atomic E-state index is 0.924. The minimum Gasteiger partial charge on any atom is -0.371 e. The fourth-order valence-corrected chi connectivity index (χ4v) is 3.42. The Hall–Kier alpha value is -0.705. The van der Waals surface area contributed by atoms with Crippen LogP contribution in [0.5, 0.6) is 0 Å². The lowest BCUT2D eigenvalue weighted by Gasteiger charge is -2.34. The van der Waals surface area contributed by atoms with Gasteiger partial charge in [0, 0.05) is 49.0 Å². The fourth-order valence-electron chi connectivity index (χ4n) is 3.19. The lowest BCUT2D eigenvalue weighted by Crippen LogP contribution is -2.44. The molecule has 0 spiro atoms. The summed E-state index contributed by atoms with van der Waals surface area (Å²) in [4.78, 5) is 7.42. The van der Waals surface area contributed by atoms with Crippen LogP contribution < -0.4 is 4.90 Å². The average molecular weight is 292 g/mol. The number of nitrogens with zero attached hydrogens (tertiary/aromatic N) is 3. The lowest BCUT2D eigenvalue weighted by molar-refractivity contribution is 0.184. The summed E-state index contributed by atoms with van der Waals surface area (Å²) in [6.07, 6.45) is 2.61. The van der Waals surface area contributed by atoms with Crippen LogP contribution in [0.25, 0.3) is 0 Å². The van der Waals surface area contributed by atoms with Crippen LogP contribution in [0.4, 0.5) is 5.69 Å². The van der Waals surface area contributed by atoms with E-state index in [9.17, 15) is 0 Å². The van der Waals surface area contributed by atoms with Crippen molar-refractivity contribution in [2.45, 2.75) is 19.4 Å². The van der Waals surface area contributed by atoms with Crippen molar-refractivity contribution < 1.29 is 0 Å². The van der Waals surface area contributed by atoms with Crippen molar-refractivity contribution in [2.24, 2.45) is 0 Å². The highest BCUT2D eigenvalue weighted by Crippen LogP contribution is 2.31. The van der Waals surface area contributed by atoms with Gasteiger partial charge in [-0.25, -0.2) is 0 Å². The molecular weight excluding hydrogens is 268 g/mol. The third-order valence-electron chi connectivity index (χ3n) is 4.52. The summed E-state index contributed by atoms with van der Waals surface area (Å²) < 4.78 is 0. The Morgan fingerprint density at radius 3 is 2.40 bits per heavy atom. The Balaban J connectivity index is 1.77. The Morgan fingerprint density at radius 1 is 1.00 bits per heavy atom. The lowest BCUT2D eigenvalue weighted by atomic mass is 10.1. The summed E-state index contributed by atoms with van der Waals surface area (Å²) in [5.74, 6) is 0. The number of halogens is 1. The van der Waals surface area contributed by atoms with Crippen LogP contribution in [-0.2, 0) is 6.54 Å². The summed E-state index contributed by atoms with van der Waals surface area (Å²) in [6.45, 7) is 7.93. The summed E-state index contributed by atoms with van der Waals surface area (Å²) in [5, 5.41) is 0.924. The number of rotatable bonds is 3. The first-order chi connectivity index (χ1) is 9.74. The molecule has 2 aliphatic rings. The van der Waals surface area contributed by atoms with E-state index in [0.717, 1.165) is 37.7 Å². The molecule has 2 aliphatic heterocycles. The zero-order chi connectivity index (χ0) is 13.9. The van der Waals surface area contributed by atoms with Crippen molar-refractivity contribution in [1.29, 1.82) is 0 Å². The van der Waals surface area contributed by atoms with Crippen LogP contribution in [-0.4, -0.2) is 57.0 Å². The van der Waals surface area contributed by atoms with Crippen molar-refractivity contribution >= 4 is 25.3 Å². The van der Waals surface area contributed by atoms with E-state index in [1.807, 2.05) is 6.07 Å². The Kier molecular flexibility index (Phi) is 4.54. The SMILES string of the molecule is BN1CCN(Cc2c(Cl)cccc2N2CCCC2)CC1. The molecule has 0 N–H and O–H groups in total. The largest absolute Gasteiger partial charge is 0.371 e. The molecule has 2 heterocycles. The molecule has 0 saturated carbocycles. The second-order valence-corrected chi connectivity index (χ2v) is 6.42. The van der Waals surface area contributed by atoms with Gasteiger partial charge in [0.2, 0.25) is 0 Å². The van der Waals surface area contributed by atoms with Crippen LogP contribution in [0.15, 0.2) is 18.2 Å². The third-order valence-corrected chi connectivity index (χ3v) is 4.87. The monoisotopic (exact) mass is 291 g/mol. The molecule has 0 radical (unpaired) electrons. The first kappa shape index (κ1) is 14.2. The van der Waals surface area contributed by atoms with Gasteiger partial charge in [0.1, 0.15) is 0 Å². The predicted octanol–water partition coefficient (Wildman–Crippen LogP) is 1.61. The zero-order valence-electron chi connectivity index (χ0n) is 12.3. The van der Waals surface area contributed by atoms with E-state index in [1.165, 1.54) is 37.2 Å². The molecule has 20 heavy (non-hydrogen) atoms. The Labute approximate surface area is 127 Å². The van der Waals surface area contributed by atoms with Gasteiger partial charge in [0.25, 0.3) is 0 Å². The van der Waals surface area contributed by atoms with Gasteiger partial charge in [-0.05, 0) is 38.1 Å². The molecule has 108 valence electrons. The summed E-state index contributed by atoms with van der Waals surface area (Å²) in [7, 11) is 2.20. The normalized spacial score (nSPS) is 21.6. The molecule has 1 aromatic rings. The molecule has 2 fully saturated rings. The van der Waals surface area contributed by atoms with Gasteiger partial charge in [-0.1, -0.05) is 17.7 Å². The van der Waals surface area contributed by atoms with Gasteiger partial charge in [-0.2, -0.15) is 0 Å². The van der Waals surface area contributed by atoms with Crippen LogP contribution in [0.3, 0.4) is 0 Å². The van der Waals surface area contributed by atoms with Gasteiger partial charge in [-0.15, -0.1) is 0 Å². The fraction of sp³-hybridized carbons (Fsp3) is 0.600. The maximum absolute atomic E-state index is 6.49. The molecule has 5 heteroatoms. The first-order valence-corrected chi connectivity index (χ1v) is 8.05. The van der Waals surface area contributed by atoms with E-state index < -0.39 is 0 Å². The number of hydrogen-bond acceptors (Lipinski definition) is 3. The third kappa shape index (κ3) is 3.13. The van der Waals surface area contributed by atoms with Gasteiger partial charge in [-0.3, -0.25) is 4.90 Å². The van der Waals surface area contributed by atoms with Crippen molar-refractivity contribution in [3.63, 3.8) is 0 Å². The zero-order valence-corrected chi connectivity index (χ0v) is 13.1. The van der Waals surface area contributed by atoms with Crippen molar-refractivity contribution in [2.75, 3.05) is 44.2 Å². The quantitative estimate of drug-likeness (QED) is 0.784. The van der Waals surface area contributed by atoms with Crippen molar-refractivity contribution in [3.8, 4) is 0 Å². The number of hydrogen-bond donors (Lipinski definition) is 0. The van der Waals surface area contributed by atoms with E-state index in [-0.39, 0.29) is 0 Å². The second-order valence-electron chi connectivity index (χ2n) is 6.01.